The highest BCUT2D eigenvalue weighted by Gasteiger charge is 2.31. The van der Waals surface area contributed by atoms with E-state index in [1.54, 1.807) is 6.92 Å². The summed E-state index contributed by atoms with van der Waals surface area (Å²) in [6.07, 6.45) is -8.21. The van der Waals surface area contributed by atoms with Crippen molar-refractivity contribution in [2.75, 3.05) is 6.61 Å². The molecule has 1 heterocycles. The lowest BCUT2D eigenvalue weighted by molar-refractivity contribution is -0.274. The smallest absolute Gasteiger partial charge is 0.483 e. The zero-order valence-electron chi connectivity index (χ0n) is 14.3. The maximum atomic E-state index is 12.2. The Bertz CT molecular complexity index is 789. The molecule has 0 saturated heterocycles. The summed E-state index contributed by atoms with van der Waals surface area (Å²) in [5.41, 5.74) is 0.441. The Kier molecular flexibility index (Phi) is 6.37. The van der Waals surface area contributed by atoms with E-state index in [1.807, 2.05) is 0 Å². The van der Waals surface area contributed by atoms with Crippen molar-refractivity contribution in [3.8, 4) is 11.5 Å². The number of hydrogen-bond donors (Lipinski definition) is 1. The number of hydrogen-bond acceptors (Lipinski definition) is 4. The first-order valence-corrected chi connectivity index (χ1v) is 7.75. The lowest BCUT2D eigenvalue weighted by atomic mass is 10.1. The fraction of sp³-hybridized carbons (Fsp3) is 0.294. The molecule has 1 aromatic carbocycles. The molecule has 2 rings (SSSR count). The third-order valence-corrected chi connectivity index (χ3v) is 3.30. The molecule has 1 aromatic heterocycles. The van der Waals surface area contributed by atoms with Crippen molar-refractivity contribution in [1.29, 1.82) is 0 Å². The van der Waals surface area contributed by atoms with Crippen LogP contribution in [0.4, 0.5) is 26.3 Å². The number of alkyl halides is 6. The van der Waals surface area contributed by atoms with Gasteiger partial charge in [-0.15, -0.1) is 13.2 Å². The largest absolute Gasteiger partial charge is 0.573 e. The molecule has 28 heavy (non-hydrogen) atoms. The molecule has 2 aromatic rings. The number of carbonyl (C=O) groups is 1. The van der Waals surface area contributed by atoms with E-state index < -0.39 is 36.8 Å². The normalized spacial score (nSPS) is 13.0. The minimum Gasteiger partial charge on any atom is -0.483 e. The van der Waals surface area contributed by atoms with Crippen LogP contribution in [0.3, 0.4) is 0 Å². The Labute approximate surface area is 155 Å². The summed E-state index contributed by atoms with van der Waals surface area (Å²) in [4.78, 5) is 16.1. The number of rotatable bonds is 6. The quantitative estimate of drug-likeness (QED) is 0.720. The summed E-state index contributed by atoms with van der Waals surface area (Å²) >= 11 is 0. The molecule has 0 fully saturated rings. The highest BCUT2D eigenvalue weighted by Crippen LogP contribution is 2.23. The number of amides is 1. The van der Waals surface area contributed by atoms with Gasteiger partial charge in [0.2, 0.25) is 0 Å². The number of aromatic nitrogens is 1. The third-order valence-electron chi connectivity index (χ3n) is 3.30. The van der Waals surface area contributed by atoms with Crippen LogP contribution >= 0.6 is 0 Å². The van der Waals surface area contributed by atoms with Crippen molar-refractivity contribution in [2.24, 2.45) is 0 Å². The van der Waals surface area contributed by atoms with Gasteiger partial charge in [-0.25, -0.2) is 0 Å². The van der Waals surface area contributed by atoms with E-state index >= 15 is 0 Å². The minimum absolute atomic E-state index is 0.0835. The fourth-order valence-electron chi connectivity index (χ4n) is 2.06. The van der Waals surface area contributed by atoms with Gasteiger partial charge in [0.1, 0.15) is 11.5 Å². The Balaban J connectivity index is 1.94. The van der Waals surface area contributed by atoms with Gasteiger partial charge in [-0.2, -0.15) is 13.2 Å². The van der Waals surface area contributed by atoms with E-state index in [0.717, 1.165) is 30.5 Å². The molecule has 0 aliphatic heterocycles. The summed E-state index contributed by atoms with van der Waals surface area (Å²) < 4.78 is 80.9. The van der Waals surface area contributed by atoms with Crippen LogP contribution in [0.5, 0.6) is 11.5 Å². The van der Waals surface area contributed by atoms with Crippen LogP contribution in [0.15, 0.2) is 42.6 Å². The summed E-state index contributed by atoms with van der Waals surface area (Å²) in [6, 6.07) is 6.36. The highest BCUT2D eigenvalue weighted by atomic mass is 19.4. The van der Waals surface area contributed by atoms with E-state index in [9.17, 15) is 31.1 Å². The van der Waals surface area contributed by atoms with Crippen LogP contribution in [0.25, 0.3) is 0 Å². The zero-order valence-corrected chi connectivity index (χ0v) is 14.3. The molecule has 0 saturated carbocycles. The summed E-state index contributed by atoms with van der Waals surface area (Å²) in [5, 5.41) is 2.57. The number of ether oxygens (including phenoxy) is 2. The molecule has 0 bridgehead atoms. The summed E-state index contributed by atoms with van der Waals surface area (Å²) in [7, 11) is 0. The highest BCUT2D eigenvalue weighted by molar-refractivity contribution is 5.94. The van der Waals surface area contributed by atoms with Gasteiger partial charge >= 0.3 is 12.5 Å². The topological polar surface area (TPSA) is 60.5 Å². The number of nitrogens with zero attached hydrogens (tertiary/aromatic N) is 1. The molecule has 0 spiro atoms. The van der Waals surface area contributed by atoms with Crippen molar-refractivity contribution in [2.45, 2.75) is 25.5 Å². The van der Waals surface area contributed by atoms with Crippen LogP contribution in [0, 0.1) is 0 Å². The molecule has 1 amide bonds. The van der Waals surface area contributed by atoms with Crippen molar-refractivity contribution in [3.63, 3.8) is 0 Å². The van der Waals surface area contributed by atoms with Crippen LogP contribution in [-0.2, 0) is 0 Å². The lowest BCUT2D eigenvalue weighted by Crippen LogP contribution is -2.27. The second-order valence-corrected chi connectivity index (χ2v) is 5.59. The van der Waals surface area contributed by atoms with Gasteiger partial charge in [0.25, 0.3) is 5.91 Å². The predicted octanol–water partition coefficient (Wildman–Crippen LogP) is 4.41. The van der Waals surface area contributed by atoms with Gasteiger partial charge in [-0.1, -0.05) is 0 Å². The minimum atomic E-state index is -4.83. The first-order chi connectivity index (χ1) is 12.9. The second-order valence-electron chi connectivity index (χ2n) is 5.59. The van der Waals surface area contributed by atoms with Crippen molar-refractivity contribution in [3.05, 3.63) is 53.9 Å². The molecule has 0 aliphatic carbocycles. The van der Waals surface area contributed by atoms with Gasteiger partial charge in [0, 0.05) is 5.56 Å². The average molecular weight is 408 g/mol. The fourth-order valence-corrected chi connectivity index (χ4v) is 2.06. The van der Waals surface area contributed by atoms with E-state index in [-0.39, 0.29) is 11.3 Å². The van der Waals surface area contributed by atoms with Gasteiger partial charge in [-0.3, -0.25) is 9.78 Å². The molecule has 1 atom stereocenters. The monoisotopic (exact) mass is 408 g/mol. The zero-order chi connectivity index (χ0) is 20.9. The standard InChI is InChI=1S/C17H14F6N2O3/c1-10(14-7-6-13(8-24-14)27-9-16(18,19)20)25-15(26)11-2-4-12(5-3-11)28-17(21,22)23/h2-8,10H,9H2,1H3,(H,25,26). The predicted molar refractivity (Wildman–Crippen MR) is 84.8 cm³/mol. The molecule has 0 radical (unpaired) electrons. The van der Waals surface area contributed by atoms with Crippen molar-refractivity contribution < 1.29 is 40.6 Å². The van der Waals surface area contributed by atoms with Gasteiger partial charge in [0.15, 0.2) is 6.61 Å². The summed E-state index contributed by atoms with van der Waals surface area (Å²) in [6.45, 7) is 0.131. The van der Waals surface area contributed by atoms with Crippen molar-refractivity contribution >= 4 is 5.91 Å². The summed E-state index contributed by atoms with van der Waals surface area (Å²) in [5.74, 6) is -1.13. The van der Waals surface area contributed by atoms with Crippen LogP contribution in [0.2, 0.25) is 0 Å². The first kappa shape index (κ1) is 21.3. The molecule has 5 nitrogen and oxygen atoms in total. The van der Waals surface area contributed by atoms with Crippen LogP contribution in [0.1, 0.15) is 29.0 Å². The number of benzene rings is 1. The molecule has 0 aliphatic rings. The molecule has 1 unspecified atom stereocenters. The maximum Gasteiger partial charge on any atom is 0.573 e. The Morgan fingerprint density at radius 3 is 2.14 bits per heavy atom. The first-order valence-electron chi connectivity index (χ1n) is 7.75. The maximum absolute atomic E-state index is 12.2. The SMILES string of the molecule is CC(NC(=O)c1ccc(OC(F)(F)F)cc1)c1ccc(OCC(F)(F)F)cn1. The molecular weight excluding hydrogens is 394 g/mol. The van der Waals surface area contributed by atoms with E-state index in [2.05, 4.69) is 19.8 Å². The Morgan fingerprint density at radius 1 is 1.04 bits per heavy atom. The number of carbonyl (C=O) groups excluding carboxylic acids is 1. The molecule has 1 N–H and O–H groups in total. The van der Waals surface area contributed by atoms with Crippen molar-refractivity contribution in [1.82, 2.24) is 10.3 Å². The van der Waals surface area contributed by atoms with Crippen LogP contribution < -0.4 is 14.8 Å². The molecular formula is C17H14F6N2O3. The third kappa shape index (κ3) is 6.97. The average Bonchev–Trinajstić information content (AvgIpc) is 2.59. The van der Waals surface area contributed by atoms with Crippen LogP contribution in [-0.4, -0.2) is 30.0 Å². The number of nitrogens with one attached hydrogen (secondary N) is 1. The second kappa shape index (κ2) is 8.36. The lowest BCUT2D eigenvalue weighted by Gasteiger charge is -2.15. The molecule has 11 heteroatoms. The Hall–Kier alpha value is -2.98. The molecule has 152 valence electrons. The van der Waals surface area contributed by atoms with E-state index in [0.29, 0.717) is 5.69 Å². The van der Waals surface area contributed by atoms with Gasteiger partial charge < -0.3 is 14.8 Å². The van der Waals surface area contributed by atoms with E-state index in [1.165, 1.54) is 12.1 Å². The Morgan fingerprint density at radius 2 is 1.64 bits per heavy atom. The number of halogens is 6. The van der Waals surface area contributed by atoms with Gasteiger partial charge in [-0.05, 0) is 43.3 Å². The number of pyridine rings is 1. The van der Waals surface area contributed by atoms with E-state index in [4.69, 9.17) is 0 Å². The van der Waals surface area contributed by atoms with Gasteiger partial charge in [0.05, 0.1) is 17.9 Å².